The third-order valence-electron chi connectivity index (χ3n) is 2.64. The molecule has 1 aromatic heterocycles. The second kappa shape index (κ2) is 5.86. The zero-order chi connectivity index (χ0) is 10.7. The molecule has 0 atom stereocenters. The number of halogens is 1. The molecule has 0 aromatic carbocycles. The number of carbonyl (C=O) groups is 1. The Bertz CT molecular complexity index is 346. The van der Waals surface area contributed by atoms with Gasteiger partial charge >= 0.3 is 0 Å². The van der Waals surface area contributed by atoms with Crippen LogP contribution >= 0.6 is 12.4 Å². The number of aromatic nitrogens is 2. The molecule has 1 amide bonds. The molecule has 1 saturated heterocycles. The fourth-order valence-corrected chi connectivity index (χ4v) is 1.80. The summed E-state index contributed by atoms with van der Waals surface area (Å²) >= 11 is 0. The van der Waals surface area contributed by atoms with Gasteiger partial charge < -0.3 is 10.2 Å². The predicted octanol–water partition coefficient (Wildman–Crippen LogP) is 0.370. The molecule has 2 rings (SSSR count). The SMILES string of the molecule is CCn1nccc1C(=O)N1CCNCC1.Cl. The molecule has 1 fully saturated rings. The Kier molecular flexibility index (Phi) is 4.76. The molecule has 0 aliphatic carbocycles. The Labute approximate surface area is 101 Å². The first-order valence-electron chi connectivity index (χ1n) is 5.34. The highest BCUT2D eigenvalue weighted by molar-refractivity contribution is 5.92. The molecule has 1 aliphatic heterocycles. The normalized spacial score (nSPS) is 15.7. The van der Waals surface area contributed by atoms with Crippen LogP contribution in [-0.4, -0.2) is 46.8 Å². The molecule has 0 unspecified atom stereocenters. The maximum Gasteiger partial charge on any atom is 0.272 e. The molecule has 5 nitrogen and oxygen atoms in total. The molecule has 1 aliphatic rings. The van der Waals surface area contributed by atoms with Crippen LogP contribution in [0.4, 0.5) is 0 Å². The lowest BCUT2D eigenvalue weighted by Gasteiger charge is -2.27. The molecular weight excluding hydrogens is 228 g/mol. The maximum absolute atomic E-state index is 12.1. The quantitative estimate of drug-likeness (QED) is 0.818. The summed E-state index contributed by atoms with van der Waals surface area (Å²) < 4.78 is 1.74. The van der Waals surface area contributed by atoms with Crippen molar-refractivity contribution < 1.29 is 4.79 Å². The van der Waals surface area contributed by atoms with E-state index in [1.165, 1.54) is 0 Å². The largest absolute Gasteiger partial charge is 0.335 e. The van der Waals surface area contributed by atoms with Crippen LogP contribution in [0.2, 0.25) is 0 Å². The van der Waals surface area contributed by atoms with Gasteiger partial charge in [0, 0.05) is 38.9 Å². The van der Waals surface area contributed by atoms with E-state index in [0.717, 1.165) is 32.7 Å². The Hall–Kier alpha value is -1.07. The number of hydrogen-bond donors (Lipinski definition) is 1. The molecule has 1 aromatic rings. The van der Waals surface area contributed by atoms with Crippen molar-refractivity contribution >= 4 is 18.3 Å². The summed E-state index contributed by atoms with van der Waals surface area (Å²) in [6.07, 6.45) is 1.68. The highest BCUT2D eigenvalue weighted by Crippen LogP contribution is 2.05. The van der Waals surface area contributed by atoms with E-state index in [-0.39, 0.29) is 18.3 Å². The lowest BCUT2D eigenvalue weighted by molar-refractivity contribution is 0.0723. The minimum absolute atomic E-state index is 0. The van der Waals surface area contributed by atoms with E-state index in [2.05, 4.69) is 10.4 Å². The van der Waals surface area contributed by atoms with Crippen molar-refractivity contribution in [3.05, 3.63) is 18.0 Å². The highest BCUT2D eigenvalue weighted by atomic mass is 35.5. The van der Waals surface area contributed by atoms with Crippen molar-refractivity contribution in [2.24, 2.45) is 0 Å². The average Bonchev–Trinajstić information content (AvgIpc) is 2.77. The number of hydrogen-bond acceptors (Lipinski definition) is 3. The van der Waals surface area contributed by atoms with Crippen molar-refractivity contribution in [2.45, 2.75) is 13.5 Å². The summed E-state index contributed by atoms with van der Waals surface area (Å²) in [5.74, 6) is 0.0934. The van der Waals surface area contributed by atoms with Crippen LogP contribution in [0.15, 0.2) is 12.3 Å². The zero-order valence-corrected chi connectivity index (χ0v) is 10.2. The van der Waals surface area contributed by atoms with Gasteiger partial charge in [0.15, 0.2) is 0 Å². The number of nitrogens with zero attached hydrogens (tertiary/aromatic N) is 3. The predicted molar refractivity (Wildman–Crippen MR) is 63.9 cm³/mol. The van der Waals surface area contributed by atoms with Gasteiger partial charge in [0.25, 0.3) is 5.91 Å². The number of carbonyl (C=O) groups excluding carboxylic acids is 1. The fourth-order valence-electron chi connectivity index (χ4n) is 1.80. The topological polar surface area (TPSA) is 50.2 Å². The van der Waals surface area contributed by atoms with Gasteiger partial charge in [0.2, 0.25) is 0 Å². The molecule has 16 heavy (non-hydrogen) atoms. The van der Waals surface area contributed by atoms with Crippen molar-refractivity contribution in [3.63, 3.8) is 0 Å². The van der Waals surface area contributed by atoms with E-state index in [1.807, 2.05) is 11.8 Å². The first-order valence-corrected chi connectivity index (χ1v) is 5.34. The lowest BCUT2D eigenvalue weighted by atomic mass is 10.3. The highest BCUT2D eigenvalue weighted by Gasteiger charge is 2.20. The molecular formula is C10H17ClN4O. The Balaban J connectivity index is 0.00000128. The molecule has 0 spiro atoms. The molecule has 6 heteroatoms. The lowest BCUT2D eigenvalue weighted by Crippen LogP contribution is -2.46. The van der Waals surface area contributed by atoms with E-state index >= 15 is 0 Å². The number of aryl methyl sites for hydroxylation is 1. The Morgan fingerprint density at radius 2 is 2.19 bits per heavy atom. The number of piperazine rings is 1. The fraction of sp³-hybridized carbons (Fsp3) is 0.600. The molecule has 0 radical (unpaired) electrons. The van der Waals surface area contributed by atoms with Gasteiger partial charge in [0.1, 0.15) is 5.69 Å². The smallest absolute Gasteiger partial charge is 0.272 e. The van der Waals surface area contributed by atoms with Crippen LogP contribution in [0.25, 0.3) is 0 Å². The van der Waals surface area contributed by atoms with E-state index in [9.17, 15) is 4.79 Å². The summed E-state index contributed by atoms with van der Waals surface area (Å²) in [6.45, 7) is 6.06. The van der Waals surface area contributed by atoms with Crippen molar-refractivity contribution in [1.82, 2.24) is 20.0 Å². The summed E-state index contributed by atoms with van der Waals surface area (Å²) in [6, 6.07) is 1.79. The monoisotopic (exact) mass is 244 g/mol. The number of rotatable bonds is 2. The van der Waals surface area contributed by atoms with Gasteiger partial charge in [-0.3, -0.25) is 9.48 Å². The first kappa shape index (κ1) is 13.0. The first-order chi connectivity index (χ1) is 7.33. The molecule has 2 heterocycles. The van der Waals surface area contributed by atoms with E-state index in [1.54, 1.807) is 16.9 Å². The van der Waals surface area contributed by atoms with Crippen molar-refractivity contribution in [3.8, 4) is 0 Å². The van der Waals surface area contributed by atoms with Crippen molar-refractivity contribution in [2.75, 3.05) is 26.2 Å². The standard InChI is InChI=1S/C10H16N4O.ClH/c1-2-14-9(3-4-12-14)10(15)13-7-5-11-6-8-13;/h3-4,11H,2,5-8H2,1H3;1H. The van der Waals surface area contributed by atoms with Gasteiger partial charge in [-0.15, -0.1) is 12.4 Å². The van der Waals surface area contributed by atoms with Crippen molar-refractivity contribution in [1.29, 1.82) is 0 Å². The summed E-state index contributed by atoms with van der Waals surface area (Å²) in [5, 5.41) is 7.33. The van der Waals surface area contributed by atoms with Gasteiger partial charge in [0.05, 0.1) is 0 Å². The van der Waals surface area contributed by atoms with Crippen LogP contribution in [0.1, 0.15) is 17.4 Å². The number of nitrogens with one attached hydrogen (secondary N) is 1. The molecule has 90 valence electrons. The van der Waals surface area contributed by atoms with Gasteiger partial charge in [-0.25, -0.2) is 0 Å². The second-order valence-electron chi connectivity index (χ2n) is 3.57. The van der Waals surface area contributed by atoms with Gasteiger partial charge in [-0.05, 0) is 13.0 Å². The minimum Gasteiger partial charge on any atom is -0.335 e. The van der Waals surface area contributed by atoms with Crippen LogP contribution in [-0.2, 0) is 6.54 Å². The third-order valence-corrected chi connectivity index (χ3v) is 2.64. The average molecular weight is 245 g/mol. The Morgan fingerprint density at radius 1 is 1.50 bits per heavy atom. The summed E-state index contributed by atoms with van der Waals surface area (Å²) in [5.41, 5.74) is 0.694. The van der Waals surface area contributed by atoms with E-state index in [0.29, 0.717) is 5.69 Å². The summed E-state index contributed by atoms with van der Waals surface area (Å²) in [7, 11) is 0. The van der Waals surface area contributed by atoms with Crippen LogP contribution in [0.3, 0.4) is 0 Å². The van der Waals surface area contributed by atoms with Crippen LogP contribution in [0.5, 0.6) is 0 Å². The molecule has 1 N–H and O–H groups in total. The van der Waals surface area contributed by atoms with Crippen LogP contribution < -0.4 is 5.32 Å². The van der Waals surface area contributed by atoms with Gasteiger partial charge in [-0.1, -0.05) is 0 Å². The van der Waals surface area contributed by atoms with Gasteiger partial charge in [-0.2, -0.15) is 5.10 Å². The van der Waals surface area contributed by atoms with E-state index in [4.69, 9.17) is 0 Å². The molecule has 0 saturated carbocycles. The molecule has 0 bridgehead atoms. The zero-order valence-electron chi connectivity index (χ0n) is 9.35. The van der Waals surface area contributed by atoms with Crippen LogP contribution in [0, 0.1) is 0 Å². The third kappa shape index (κ3) is 2.54. The maximum atomic E-state index is 12.1. The van der Waals surface area contributed by atoms with E-state index < -0.39 is 0 Å². The minimum atomic E-state index is 0. The second-order valence-corrected chi connectivity index (χ2v) is 3.57. The Morgan fingerprint density at radius 3 is 2.81 bits per heavy atom. The number of amides is 1. The summed E-state index contributed by atoms with van der Waals surface area (Å²) in [4.78, 5) is 14.0.